The van der Waals surface area contributed by atoms with E-state index in [2.05, 4.69) is 44.8 Å². The van der Waals surface area contributed by atoms with E-state index in [1.54, 1.807) is 0 Å². The van der Waals surface area contributed by atoms with E-state index >= 15 is 0 Å². The number of halogens is 2. The summed E-state index contributed by atoms with van der Waals surface area (Å²) in [7, 11) is 0. The third-order valence-electron chi connectivity index (χ3n) is 3.43. The third kappa shape index (κ3) is 3.62. The van der Waals surface area contributed by atoms with Gasteiger partial charge in [0, 0.05) is 36.9 Å². The van der Waals surface area contributed by atoms with Crippen LogP contribution in [-0.2, 0) is 0 Å². The fraction of sp³-hybridized carbons (Fsp3) is 0.571. The van der Waals surface area contributed by atoms with Gasteiger partial charge >= 0.3 is 0 Å². The Morgan fingerprint density at radius 2 is 1.78 bits per heavy atom. The molecule has 2 rings (SSSR count). The fourth-order valence-corrected chi connectivity index (χ4v) is 3.33. The number of rotatable bonds is 4. The maximum atomic E-state index is 5.92. The van der Waals surface area contributed by atoms with Gasteiger partial charge in [0.1, 0.15) is 0 Å². The molecule has 2 nitrogen and oxygen atoms in total. The van der Waals surface area contributed by atoms with E-state index in [0.717, 1.165) is 31.2 Å². The predicted octanol–water partition coefficient (Wildman–Crippen LogP) is 3.98. The maximum Gasteiger partial charge on any atom is 0.0656 e. The molecule has 4 heteroatoms. The van der Waals surface area contributed by atoms with Crippen molar-refractivity contribution in [2.45, 2.75) is 24.7 Å². The number of alkyl halides is 1. The molecule has 0 radical (unpaired) electrons. The van der Waals surface area contributed by atoms with Gasteiger partial charge in [-0.05, 0) is 30.7 Å². The van der Waals surface area contributed by atoms with Crippen molar-refractivity contribution in [2.24, 2.45) is 0 Å². The van der Waals surface area contributed by atoms with Gasteiger partial charge < -0.3 is 4.90 Å². The van der Waals surface area contributed by atoms with E-state index in [1.807, 2.05) is 12.1 Å². The van der Waals surface area contributed by atoms with Crippen molar-refractivity contribution in [1.29, 1.82) is 0 Å². The van der Waals surface area contributed by atoms with Crippen LogP contribution in [0.1, 0.15) is 19.8 Å². The molecule has 0 N–H and O–H groups in total. The number of hydrogen-bond donors (Lipinski definition) is 0. The highest BCUT2D eigenvalue weighted by molar-refractivity contribution is 9.09. The Balaban J connectivity index is 1.88. The van der Waals surface area contributed by atoms with Gasteiger partial charge in [0.2, 0.25) is 0 Å². The predicted molar refractivity (Wildman–Crippen MR) is 82.9 cm³/mol. The molecular weight excluding hydrogens is 312 g/mol. The van der Waals surface area contributed by atoms with Crippen LogP contribution in [0.5, 0.6) is 0 Å². The molecule has 1 aliphatic heterocycles. The van der Waals surface area contributed by atoms with Crippen molar-refractivity contribution in [2.75, 3.05) is 31.1 Å². The normalized spacial score (nSPS) is 18.9. The van der Waals surface area contributed by atoms with Gasteiger partial charge in [-0.2, -0.15) is 0 Å². The first-order valence-corrected chi connectivity index (χ1v) is 7.88. The highest BCUT2D eigenvalue weighted by Crippen LogP contribution is 2.22. The Labute approximate surface area is 123 Å². The van der Waals surface area contributed by atoms with Gasteiger partial charge in [-0.3, -0.25) is 4.90 Å². The summed E-state index contributed by atoms with van der Waals surface area (Å²) >= 11 is 9.69. The van der Waals surface area contributed by atoms with Crippen LogP contribution in [0, 0.1) is 0 Å². The van der Waals surface area contributed by atoms with Gasteiger partial charge in [-0.15, -0.1) is 0 Å². The largest absolute Gasteiger partial charge is 0.369 e. The van der Waals surface area contributed by atoms with E-state index in [4.69, 9.17) is 11.6 Å². The number of hydrogen-bond acceptors (Lipinski definition) is 2. The molecule has 1 aromatic carbocycles. The van der Waals surface area contributed by atoms with Crippen LogP contribution in [0.15, 0.2) is 24.3 Å². The lowest BCUT2D eigenvalue weighted by Gasteiger charge is -2.38. The fourth-order valence-electron chi connectivity index (χ4n) is 2.33. The maximum absolute atomic E-state index is 5.92. The van der Waals surface area contributed by atoms with E-state index in [0.29, 0.717) is 4.95 Å². The molecule has 18 heavy (non-hydrogen) atoms. The molecule has 0 spiro atoms. The lowest BCUT2D eigenvalue weighted by atomic mass is 10.2. The molecule has 0 aliphatic carbocycles. The average molecular weight is 332 g/mol. The molecule has 1 heterocycles. The van der Waals surface area contributed by atoms with Crippen LogP contribution in [0.4, 0.5) is 5.69 Å². The monoisotopic (exact) mass is 330 g/mol. The van der Waals surface area contributed by atoms with Crippen molar-refractivity contribution in [3.05, 3.63) is 29.3 Å². The summed E-state index contributed by atoms with van der Waals surface area (Å²) in [5, 5.41) is 0.806. The number of benzene rings is 1. The SMILES string of the molecule is CCCC(Br)N1CCN(c2ccc(Cl)cc2)CC1. The number of piperazine rings is 1. The number of anilines is 1. The first-order chi connectivity index (χ1) is 8.70. The summed E-state index contributed by atoms with van der Waals surface area (Å²) in [5.41, 5.74) is 1.28. The van der Waals surface area contributed by atoms with Crippen molar-refractivity contribution in [1.82, 2.24) is 4.90 Å². The zero-order chi connectivity index (χ0) is 13.0. The Bertz CT molecular complexity index is 361. The van der Waals surface area contributed by atoms with Gasteiger partial charge in [0.05, 0.1) is 4.95 Å². The topological polar surface area (TPSA) is 6.48 Å². The molecule has 1 fully saturated rings. The molecule has 0 bridgehead atoms. The average Bonchev–Trinajstić information content (AvgIpc) is 2.40. The highest BCUT2D eigenvalue weighted by Gasteiger charge is 2.21. The molecule has 0 amide bonds. The standard InChI is InChI=1S/C14H20BrClN2/c1-2-3-14(15)18-10-8-17(9-11-18)13-6-4-12(16)5-7-13/h4-7,14H,2-3,8-11H2,1H3. The van der Waals surface area contributed by atoms with Crippen LogP contribution in [0.25, 0.3) is 0 Å². The van der Waals surface area contributed by atoms with Crippen LogP contribution < -0.4 is 4.90 Å². The molecule has 1 aromatic rings. The Hall–Kier alpha value is -0.250. The molecule has 1 aliphatic rings. The van der Waals surface area contributed by atoms with Crippen molar-refractivity contribution in [3.8, 4) is 0 Å². The van der Waals surface area contributed by atoms with Crippen molar-refractivity contribution < 1.29 is 0 Å². The smallest absolute Gasteiger partial charge is 0.0656 e. The molecular formula is C14H20BrClN2. The van der Waals surface area contributed by atoms with E-state index in [-0.39, 0.29) is 0 Å². The van der Waals surface area contributed by atoms with E-state index in [1.165, 1.54) is 18.5 Å². The lowest BCUT2D eigenvalue weighted by molar-refractivity contribution is 0.237. The Morgan fingerprint density at radius 3 is 2.33 bits per heavy atom. The Morgan fingerprint density at radius 1 is 1.17 bits per heavy atom. The second-order valence-electron chi connectivity index (χ2n) is 4.72. The summed E-state index contributed by atoms with van der Waals surface area (Å²) in [6, 6.07) is 8.15. The summed E-state index contributed by atoms with van der Waals surface area (Å²) in [6.07, 6.45) is 2.45. The summed E-state index contributed by atoms with van der Waals surface area (Å²) in [5.74, 6) is 0. The zero-order valence-corrected chi connectivity index (χ0v) is 13.1. The van der Waals surface area contributed by atoms with Crippen LogP contribution in [0.3, 0.4) is 0 Å². The van der Waals surface area contributed by atoms with Gasteiger partial charge in [-0.25, -0.2) is 0 Å². The van der Waals surface area contributed by atoms with Crippen LogP contribution >= 0.6 is 27.5 Å². The molecule has 0 aromatic heterocycles. The molecule has 1 saturated heterocycles. The Kier molecular flexibility index (Phi) is 5.34. The van der Waals surface area contributed by atoms with Crippen LogP contribution in [0.2, 0.25) is 5.02 Å². The van der Waals surface area contributed by atoms with Gasteiger partial charge in [0.15, 0.2) is 0 Å². The van der Waals surface area contributed by atoms with Gasteiger partial charge in [0.25, 0.3) is 0 Å². The minimum absolute atomic E-state index is 0.537. The van der Waals surface area contributed by atoms with Crippen molar-refractivity contribution >= 4 is 33.2 Å². The van der Waals surface area contributed by atoms with Crippen molar-refractivity contribution in [3.63, 3.8) is 0 Å². The number of nitrogens with zero attached hydrogens (tertiary/aromatic N) is 2. The van der Waals surface area contributed by atoms with Crippen LogP contribution in [-0.4, -0.2) is 36.0 Å². The molecule has 100 valence electrons. The molecule has 0 saturated carbocycles. The summed E-state index contributed by atoms with van der Waals surface area (Å²) in [6.45, 7) is 6.66. The summed E-state index contributed by atoms with van der Waals surface area (Å²) in [4.78, 5) is 5.49. The third-order valence-corrected chi connectivity index (χ3v) is 4.72. The quantitative estimate of drug-likeness (QED) is 0.608. The van der Waals surface area contributed by atoms with Gasteiger partial charge in [-0.1, -0.05) is 40.9 Å². The molecule has 1 unspecified atom stereocenters. The second kappa shape index (κ2) is 6.78. The lowest BCUT2D eigenvalue weighted by Crippen LogP contribution is -2.48. The molecule has 1 atom stereocenters. The first-order valence-electron chi connectivity index (χ1n) is 6.59. The zero-order valence-electron chi connectivity index (χ0n) is 10.8. The second-order valence-corrected chi connectivity index (χ2v) is 6.22. The van der Waals surface area contributed by atoms with E-state index in [9.17, 15) is 0 Å². The highest BCUT2D eigenvalue weighted by atomic mass is 79.9. The minimum atomic E-state index is 0.537. The minimum Gasteiger partial charge on any atom is -0.369 e. The summed E-state index contributed by atoms with van der Waals surface area (Å²) < 4.78 is 0. The first kappa shape index (κ1) is 14.2. The van der Waals surface area contributed by atoms with E-state index < -0.39 is 0 Å².